The molecule has 0 N–H and O–H groups in total. The van der Waals surface area contributed by atoms with Gasteiger partial charge in [-0.2, -0.15) is 133 Å². The number of fused-ring (bicyclic) bond motifs is 2. The molecule has 0 aliphatic heterocycles. The van der Waals surface area contributed by atoms with E-state index in [1.54, 1.807) is 37.1 Å². The smallest absolute Gasteiger partial charge is 0 e. The molecule has 0 saturated carbocycles. The van der Waals surface area contributed by atoms with Gasteiger partial charge in [0, 0.05) is 491 Å². The fourth-order valence-corrected chi connectivity index (χ4v) is 10.6. The van der Waals surface area contributed by atoms with Crippen LogP contribution in [0.2, 0.25) is 0 Å². The molecule has 113 heavy (non-hydrogen) atoms. The van der Waals surface area contributed by atoms with E-state index in [-0.39, 0.29) is 491 Å². The molecule has 18 heteroatoms. The number of pyridine rings is 3. The minimum atomic E-state index is 0. The second kappa shape index (κ2) is 67.8. The van der Waals surface area contributed by atoms with E-state index in [2.05, 4.69) is 191 Å². The average molecular weight is 2570 g/mol. The van der Waals surface area contributed by atoms with Gasteiger partial charge in [-0.05, 0) is 18.6 Å². The van der Waals surface area contributed by atoms with Crippen LogP contribution in [0.5, 0.6) is 0 Å². The van der Waals surface area contributed by atoms with Gasteiger partial charge in [0.1, 0.15) is 0 Å². The molecule has 3 heterocycles. The zero-order valence-corrected chi connectivity index (χ0v) is 104. The van der Waals surface area contributed by atoms with Crippen molar-refractivity contribution < 1.29 is 491 Å². The van der Waals surface area contributed by atoms with Crippen molar-refractivity contribution in [1.29, 1.82) is 0 Å². The van der Waals surface area contributed by atoms with Gasteiger partial charge in [0.05, 0.1) is 0 Å². The molecule has 511 valence electrons. The third-order valence-corrected chi connectivity index (χ3v) is 15.3. The second-order valence-corrected chi connectivity index (χ2v) is 21.6. The molecular weight excluding hydrogens is 2520 g/mol. The summed E-state index contributed by atoms with van der Waals surface area (Å²) in [4.78, 5) is 12.3. The third-order valence-electron chi connectivity index (χ3n) is 15.3. The van der Waals surface area contributed by atoms with Gasteiger partial charge in [0.15, 0.2) is 0 Å². The SMILES string of the molecule is [Y].[Y].[Y].[Y].[Y].[Y].[Y].[Y].[Y].[Y].[Y].[Y].[Y].[Y].[Y].[c-]1ccc(-c2[c-]cccn2)[c-]c1-c1[c-]cccc1.[c-]1ccc(-c2[c-]ccnc2)[c-]c1-c1[c-]cccc1.[c-]1ccc(-c2[c-]cncc2)[c-]c1-c1[c-]cccc1.[c-]1ccccc1-c1[c-]cc[c-]c1-c1[c-]cc2ccccc2c1.[c-]1ccccc1-c1[c-]cc[c-]c1-c1[c-]ccc2ccccc12. The summed E-state index contributed by atoms with van der Waals surface area (Å²) in [5, 5.41) is 4.78. The largest absolute Gasteiger partial charge is 0.394 e. The van der Waals surface area contributed by atoms with Crippen LogP contribution in [0.25, 0.3) is 133 Å². The summed E-state index contributed by atoms with van der Waals surface area (Å²) in [5.41, 5.74) is 19.4. The van der Waals surface area contributed by atoms with Gasteiger partial charge < -0.3 is 80.3 Å². The van der Waals surface area contributed by atoms with Crippen molar-refractivity contribution in [3.63, 3.8) is 0 Å². The van der Waals surface area contributed by atoms with E-state index in [1.165, 1.54) is 21.5 Å². The van der Waals surface area contributed by atoms with E-state index < -0.39 is 0 Å². The van der Waals surface area contributed by atoms with Gasteiger partial charge in [-0.1, -0.05) is 60.6 Å². The maximum Gasteiger partial charge on any atom is 0 e. The summed E-state index contributed by atoms with van der Waals surface area (Å²) in [6.45, 7) is 0. The first kappa shape index (κ1) is 121. The molecule has 17 aromatic rings. The van der Waals surface area contributed by atoms with Crippen molar-refractivity contribution >= 4 is 21.5 Å². The predicted octanol–water partition coefficient (Wildman–Crippen LogP) is 21.6. The molecule has 0 aliphatic carbocycles. The molecule has 0 fully saturated rings. The summed E-state index contributed by atoms with van der Waals surface area (Å²) in [6, 6.07) is 156. The van der Waals surface area contributed by atoms with Crippen molar-refractivity contribution in [2.45, 2.75) is 0 Å². The van der Waals surface area contributed by atoms with E-state index >= 15 is 0 Å². The molecule has 0 atom stereocenters. The van der Waals surface area contributed by atoms with Gasteiger partial charge >= 0.3 is 0 Å². The Morgan fingerprint density at radius 3 is 1.08 bits per heavy atom. The summed E-state index contributed by atoms with van der Waals surface area (Å²) in [5.74, 6) is 0. The zero-order valence-electron chi connectivity index (χ0n) is 61.4. The molecule has 17 rings (SSSR count). The maximum absolute atomic E-state index is 4.27. The second-order valence-electron chi connectivity index (χ2n) is 21.6. The maximum atomic E-state index is 4.27. The number of rotatable bonds is 10. The van der Waals surface area contributed by atoms with E-state index in [1.807, 2.05) is 218 Å². The number of benzene rings is 14. The van der Waals surface area contributed by atoms with E-state index in [0.29, 0.717) is 0 Å². The first-order chi connectivity index (χ1) is 48.6. The van der Waals surface area contributed by atoms with Crippen LogP contribution in [0.3, 0.4) is 0 Å². The minimum absolute atomic E-state index is 0. The molecule has 0 saturated heterocycles. The summed E-state index contributed by atoms with van der Waals surface area (Å²) in [7, 11) is 0. The Labute approximate surface area is 1050 Å². The molecule has 0 unspecified atom stereocenters. The van der Waals surface area contributed by atoms with Crippen LogP contribution in [-0.4, -0.2) is 15.0 Å². The molecular formula is C95H51N3Y15-20. The molecule has 14 aromatic carbocycles. The first-order valence-electron chi connectivity index (χ1n) is 31.5. The van der Waals surface area contributed by atoms with Crippen molar-refractivity contribution in [3.8, 4) is 111 Å². The Hall–Kier alpha value is 3.61. The standard InChI is InChI=1S/2C22H12.3C17H9N.15Y/c1-2-9-17(10-3-1)19-14-6-7-15-21(19)22-16-8-12-18-11-4-5-13-20(18)22;1-2-9-18(10-3-1)21-12-6-7-13-22(21)20-15-14-17-8-4-5-11-19(17)16-20;1-2-6-14(7-3-1)15-8-4-9-16(12-15)17-10-5-11-18-13-17;1-2-7-14(8-3-1)15-9-6-10-16(13-15)17-11-4-5-12-18-17;1-2-5-14(6-3-1)16-7-4-8-17(13-16)15-9-11-18-12-10-15;;;;;;;;;;;;;;;/h1-9,11-13H;1-9,11,14,16H;1-6,9,11,13H;1-7,10,12H;1-5,8-9,11-12H;;;;;;;;;;;;;;;/q5*-4;;;;;;;;;;;;;;;. The van der Waals surface area contributed by atoms with Crippen LogP contribution >= 0.6 is 0 Å². The molecule has 3 aromatic heterocycles. The Kier molecular flexibility index (Phi) is 72.5. The number of hydrogen-bond donors (Lipinski definition) is 0. The zero-order chi connectivity index (χ0) is 66.2. The van der Waals surface area contributed by atoms with Crippen LogP contribution in [-0.2, 0) is 491 Å². The molecule has 0 bridgehead atoms. The third kappa shape index (κ3) is 37.1. The normalized spacial score (nSPS) is 9.06. The van der Waals surface area contributed by atoms with Gasteiger partial charge in [-0.3, -0.25) is 57.5 Å². The fraction of sp³-hybridized carbons (Fsp3) is 0. The van der Waals surface area contributed by atoms with Crippen LogP contribution in [0.4, 0.5) is 0 Å². The van der Waals surface area contributed by atoms with Gasteiger partial charge in [0.25, 0.3) is 0 Å². The van der Waals surface area contributed by atoms with Crippen molar-refractivity contribution in [2.75, 3.05) is 0 Å². The van der Waals surface area contributed by atoms with Gasteiger partial charge in [-0.25, -0.2) is 135 Å². The quantitative estimate of drug-likeness (QED) is 0.128. The van der Waals surface area contributed by atoms with Crippen LogP contribution in [0, 0.1) is 121 Å². The summed E-state index contributed by atoms with van der Waals surface area (Å²) >= 11 is 0. The molecule has 0 aliphatic rings. The number of aromatic nitrogens is 3. The van der Waals surface area contributed by atoms with Crippen LogP contribution < -0.4 is 0 Å². The average Bonchev–Trinajstić information content (AvgIpc) is 0.794. The Morgan fingerprint density at radius 1 is 0.204 bits per heavy atom. The monoisotopic (exact) mass is 2570 g/mol. The molecule has 3 nitrogen and oxygen atoms in total. The fourth-order valence-electron chi connectivity index (χ4n) is 10.6. The van der Waals surface area contributed by atoms with Crippen LogP contribution in [0.15, 0.2) is 310 Å². The van der Waals surface area contributed by atoms with Gasteiger partial charge in [-0.15, -0.1) is 94.3 Å². The van der Waals surface area contributed by atoms with Crippen LogP contribution in [0.1, 0.15) is 0 Å². The van der Waals surface area contributed by atoms with Crippen molar-refractivity contribution in [2.24, 2.45) is 0 Å². The molecule has 15 radical (unpaired) electrons. The summed E-state index contributed by atoms with van der Waals surface area (Å²) < 4.78 is 0. The van der Waals surface area contributed by atoms with E-state index in [4.69, 9.17) is 0 Å². The number of hydrogen-bond acceptors (Lipinski definition) is 3. The predicted molar refractivity (Wildman–Crippen MR) is 392 cm³/mol. The molecule has 0 amide bonds. The Bertz CT molecular complexity index is 4880. The Morgan fingerprint density at radius 2 is 0.611 bits per heavy atom. The Balaban J connectivity index is -0.00000130. The minimum Gasteiger partial charge on any atom is -0.394 e. The number of nitrogens with zero attached hydrogens (tertiary/aromatic N) is 3. The summed E-state index contributed by atoms with van der Waals surface area (Å²) in [6.07, 6.45) is 8.67. The van der Waals surface area contributed by atoms with E-state index in [0.717, 1.165) is 111 Å². The van der Waals surface area contributed by atoms with Crippen molar-refractivity contribution in [1.82, 2.24) is 15.0 Å². The van der Waals surface area contributed by atoms with Gasteiger partial charge in [0.2, 0.25) is 0 Å². The molecule has 0 spiro atoms. The van der Waals surface area contributed by atoms with Crippen molar-refractivity contribution in [3.05, 3.63) is 431 Å². The van der Waals surface area contributed by atoms with E-state index in [9.17, 15) is 0 Å². The topological polar surface area (TPSA) is 38.7 Å². The first-order valence-corrected chi connectivity index (χ1v) is 31.5.